The third-order valence-electron chi connectivity index (χ3n) is 6.59. The van der Waals surface area contributed by atoms with Crippen LogP contribution < -0.4 is 5.32 Å². The summed E-state index contributed by atoms with van der Waals surface area (Å²) in [4.78, 5) is 5.01. The van der Waals surface area contributed by atoms with Gasteiger partial charge in [-0.1, -0.05) is 0 Å². The second-order valence-corrected chi connectivity index (χ2v) is 9.11. The van der Waals surface area contributed by atoms with Crippen molar-refractivity contribution < 1.29 is 4.74 Å². The topological polar surface area (TPSA) is 34.1 Å². The molecule has 3 nitrogen and oxygen atoms in total. The van der Waals surface area contributed by atoms with E-state index in [0.717, 1.165) is 36.0 Å². The lowest BCUT2D eigenvalue weighted by atomic mass is 9.49. The lowest BCUT2D eigenvalue weighted by molar-refractivity contribution is -0.00688. The molecule has 0 unspecified atom stereocenters. The van der Waals surface area contributed by atoms with E-state index in [-0.39, 0.29) is 0 Å². The minimum atomic E-state index is 0.395. The van der Waals surface area contributed by atoms with E-state index in [4.69, 9.17) is 9.72 Å². The first-order valence-electron chi connectivity index (χ1n) is 9.11. The van der Waals surface area contributed by atoms with E-state index in [2.05, 4.69) is 10.7 Å². The Bertz CT molecular complexity index is 514. The van der Waals surface area contributed by atoms with Crippen molar-refractivity contribution in [1.29, 1.82) is 0 Å². The lowest BCUT2D eigenvalue weighted by Crippen LogP contribution is -2.48. The Morgan fingerprint density at radius 3 is 2.55 bits per heavy atom. The van der Waals surface area contributed by atoms with Gasteiger partial charge >= 0.3 is 0 Å². The van der Waals surface area contributed by atoms with Crippen molar-refractivity contribution in [2.24, 2.45) is 17.8 Å². The van der Waals surface area contributed by atoms with Gasteiger partial charge in [0.2, 0.25) is 0 Å². The molecule has 5 fully saturated rings. The molecule has 4 aliphatic carbocycles. The fraction of sp³-hybridized carbons (Fsp3) is 0.833. The molecule has 0 spiro atoms. The molecule has 6 rings (SSSR count). The highest BCUT2D eigenvalue weighted by atomic mass is 32.1. The Kier molecular flexibility index (Phi) is 3.26. The number of nitrogens with one attached hydrogen (secondary N) is 1. The molecule has 120 valence electrons. The highest BCUT2D eigenvalue weighted by Crippen LogP contribution is 2.60. The van der Waals surface area contributed by atoms with Crippen LogP contribution in [-0.2, 0) is 10.2 Å². The third kappa shape index (κ3) is 2.30. The van der Waals surface area contributed by atoms with Gasteiger partial charge < -0.3 is 10.1 Å². The molecule has 4 heteroatoms. The fourth-order valence-corrected chi connectivity index (χ4v) is 6.87. The van der Waals surface area contributed by atoms with Gasteiger partial charge in [0.25, 0.3) is 0 Å². The monoisotopic (exact) mass is 318 g/mol. The third-order valence-corrected chi connectivity index (χ3v) is 7.39. The standard InChI is InChI=1S/C18H26N2OS/c1-2-15(21-3-1)10-19-17-20-16(11-22-17)18-7-12-4-13(8-18)6-14(5-12)9-18/h11-15H,1-10H2,(H,19,20)/t12?,13?,14?,15-,18?/m0/s1. The number of rotatable bonds is 4. The zero-order chi connectivity index (χ0) is 14.6. The van der Waals surface area contributed by atoms with E-state index in [9.17, 15) is 0 Å². The average molecular weight is 318 g/mol. The van der Waals surface area contributed by atoms with Crippen molar-refractivity contribution in [3.05, 3.63) is 11.1 Å². The van der Waals surface area contributed by atoms with E-state index < -0.39 is 0 Å². The predicted octanol–water partition coefficient (Wildman–Crippen LogP) is 4.20. The molecular weight excluding hydrogens is 292 g/mol. The lowest BCUT2D eigenvalue weighted by Gasteiger charge is -2.56. The summed E-state index contributed by atoms with van der Waals surface area (Å²) < 4.78 is 5.70. The van der Waals surface area contributed by atoms with Crippen LogP contribution in [0.5, 0.6) is 0 Å². The van der Waals surface area contributed by atoms with Crippen LogP contribution in [0.2, 0.25) is 0 Å². The number of hydrogen-bond donors (Lipinski definition) is 1. The summed E-state index contributed by atoms with van der Waals surface area (Å²) in [5.41, 5.74) is 1.85. The minimum Gasteiger partial charge on any atom is -0.376 e. The maximum atomic E-state index is 5.70. The summed E-state index contributed by atoms with van der Waals surface area (Å²) in [5, 5.41) is 6.99. The van der Waals surface area contributed by atoms with Crippen molar-refractivity contribution in [1.82, 2.24) is 4.98 Å². The number of thiazole rings is 1. The number of ether oxygens (including phenoxy) is 1. The van der Waals surface area contributed by atoms with Crippen LogP contribution in [0.3, 0.4) is 0 Å². The molecule has 0 amide bonds. The Morgan fingerprint density at radius 2 is 1.91 bits per heavy atom. The molecule has 1 aliphatic heterocycles. The zero-order valence-electron chi connectivity index (χ0n) is 13.2. The summed E-state index contributed by atoms with van der Waals surface area (Å²) in [5.74, 6) is 2.99. The normalized spacial score (nSPS) is 42.9. The molecule has 0 radical (unpaired) electrons. The van der Waals surface area contributed by atoms with Gasteiger partial charge in [0, 0.05) is 23.9 Å². The van der Waals surface area contributed by atoms with E-state index in [1.165, 1.54) is 57.1 Å². The van der Waals surface area contributed by atoms with E-state index in [0.29, 0.717) is 11.5 Å². The summed E-state index contributed by atoms with van der Waals surface area (Å²) in [6, 6.07) is 0. The Morgan fingerprint density at radius 1 is 1.18 bits per heavy atom. The second-order valence-electron chi connectivity index (χ2n) is 8.25. The van der Waals surface area contributed by atoms with Crippen LogP contribution in [0.15, 0.2) is 5.38 Å². The van der Waals surface area contributed by atoms with Crippen LogP contribution in [0.1, 0.15) is 57.1 Å². The molecule has 4 bridgehead atoms. The van der Waals surface area contributed by atoms with Gasteiger partial charge in [-0.15, -0.1) is 11.3 Å². The highest BCUT2D eigenvalue weighted by molar-refractivity contribution is 7.13. The van der Waals surface area contributed by atoms with E-state index in [1.54, 1.807) is 11.3 Å². The minimum absolute atomic E-state index is 0.395. The number of hydrogen-bond acceptors (Lipinski definition) is 4. The van der Waals surface area contributed by atoms with Gasteiger partial charge in [-0.05, 0) is 69.1 Å². The first-order chi connectivity index (χ1) is 10.8. The van der Waals surface area contributed by atoms with E-state index >= 15 is 0 Å². The average Bonchev–Trinajstić information content (AvgIpc) is 3.16. The van der Waals surface area contributed by atoms with E-state index in [1.807, 2.05) is 0 Å². The Balaban J connectivity index is 1.31. The Labute approximate surface area is 136 Å². The molecule has 1 aromatic heterocycles. The predicted molar refractivity (Wildman–Crippen MR) is 89.4 cm³/mol. The van der Waals surface area contributed by atoms with Gasteiger partial charge in [0.05, 0.1) is 11.8 Å². The van der Waals surface area contributed by atoms with Crippen molar-refractivity contribution in [2.75, 3.05) is 18.5 Å². The van der Waals surface area contributed by atoms with Crippen LogP contribution in [-0.4, -0.2) is 24.2 Å². The molecular formula is C18H26N2OS. The summed E-state index contributed by atoms with van der Waals surface area (Å²) in [6.07, 6.45) is 11.6. The van der Waals surface area contributed by atoms with Gasteiger partial charge in [-0.2, -0.15) is 0 Å². The van der Waals surface area contributed by atoms with Crippen LogP contribution in [0, 0.1) is 17.8 Å². The Hall–Kier alpha value is -0.610. The molecule has 0 aromatic carbocycles. The first kappa shape index (κ1) is 13.8. The van der Waals surface area contributed by atoms with Crippen LogP contribution in [0.25, 0.3) is 0 Å². The summed E-state index contributed by atoms with van der Waals surface area (Å²) in [6.45, 7) is 1.86. The molecule has 2 heterocycles. The molecule has 4 saturated carbocycles. The van der Waals surface area contributed by atoms with Gasteiger partial charge in [-0.25, -0.2) is 4.98 Å². The molecule has 1 saturated heterocycles. The fourth-order valence-electron chi connectivity index (χ4n) is 6.03. The maximum absolute atomic E-state index is 5.70. The maximum Gasteiger partial charge on any atom is 0.182 e. The van der Waals surface area contributed by atoms with Crippen molar-refractivity contribution >= 4 is 16.5 Å². The molecule has 5 aliphatic rings. The molecule has 1 atom stereocenters. The SMILES string of the molecule is c1sc(NC[C@@H]2CCCO2)nc1C12CC3CC(CC(C3)C1)C2. The summed E-state index contributed by atoms with van der Waals surface area (Å²) in [7, 11) is 0. The zero-order valence-corrected chi connectivity index (χ0v) is 14.0. The van der Waals surface area contributed by atoms with Crippen molar-refractivity contribution in [2.45, 2.75) is 62.9 Å². The smallest absolute Gasteiger partial charge is 0.182 e. The number of anilines is 1. The highest BCUT2D eigenvalue weighted by Gasteiger charge is 2.52. The number of aromatic nitrogens is 1. The van der Waals surface area contributed by atoms with Crippen LogP contribution >= 0.6 is 11.3 Å². The first-order valence-corrected chi connectivity index (χ1v) is 9.98. The van der Waals surface area contributed by atoms with Gasteiger partial charge in [0.1, 0.15) is 0 Å². The molecule has 1 aromatic rings. The largest absolute Gasteiger partial charge is 0.376 e. The van der Waals surface area contributed by atoms with Crippen molar-refractivity contribution in [3.63, 3.8) is 0 Å². The second kappa shape index (κ2) is 5.20. The van der Waals surface area contributed by atoms with Crippen LogP contribution in [0.4, 0.5) is 5.13 Å². The number of nitrogens with zero attached hydrogens (tertiary/aromatic N) is 1. The van der Waals surface area contributed by atoms with Gasteiger partial charge in [-0.3, -0.25) is 0 Å². The van der Waals surface area contributed by atoms with Crippen molar-refractivity contribution in [3.8, 4) is 0 Å². The summed E-state index contributed by atoms with van der Waals surface area (Å²) >= 11 is 1.80. The molecule has 1 N–H and O–H groups in total. The van der Waals surface area contributed by atoms with Gasteiger partial charge in [0.15, 0.2) is 5.13 Å². The molecule has 22 heavy (non-hydrogen) atoms. The quantitative estimate of drug-likeness (QED) is 0.903.